The van der Waals surface area contributed by atoms with Crippen LogP contribution in [-0.4, -0.2) is 56.5 Å². The largest absolute Gasteiger partial charge is 0.378 e. The number of benzene rings is 2. The van der Waals surface area contributed by atoms with E-state index in [0.717, 1.165) is 28.1 Å². The Morgan fingerprint density at radius 3 is 2.55 bits per heavy atom. The lowest BCUT2D eigenvalue weighted by molar-refractivity contribution is -0.120. The van der Waals surface area contributed by atoms with Gasteiger partial charge in [-0.05, 0) is 61.7 Å². The van der Waals surface area contributed by atoms with Gasteiger partial charge in [0.25, 0.3) is 10.0 Å². The molecule has 0 radical (unpaired) electrons. The molecular weight excluding hydrogens is 502 g/mol. The van der Waals surface area contributed by atoms with E-state index in [2.05, 4.69) is 29.9 Å². The third-order valence-electron chi connectivity index (χ3n) is 6.84. The molecule has 3 heterocycles. The van der Waals surface area contributed by atoms with E-state index in [4.69, 9.17) is 0 Å². The lowest BCUT2D eigenvalue weighted by Crippen LogP contribution is -2.38. The maximum atomic E-state index is 13.1. The number of hydrogen-bond acceptors (Lipinski definition) is 7. The maximum absolute atomic E-state index is 13.1. The standard InChI is InChI=1S/C27H31N7O3S/c1-18-16-28-25-24(18)26(30-17-29-25)34-12-10-19(11-13-34)27(35)31-20-6-5-9-23(15-20)38(36,37)32-21-7-4-8-22(14-21)33(2)3/h4-9,14-17,19,32H,10-13H2,1-3H3,(H,31,35)(H,28,29,30). The predicted octanol–water partition coefficient (Wildman–Crippen LogP) is 3.99. The van der Waals surface area contributed by atoms with Crippen LogP contribution in [0.3, 0.4) is 0 Å². The van der Waals surface area contributed by atoms with Crippen LogP contribution in [0.25, 0.3) is 11.0 Å². The fourth-order valence-corrected chi connectivity index (χ4v) is 5.83. The van der Waals surface area contributed by atoms with Gasteiger partial charge in [-0.3, -0.25) is 9.52 Å². The van der Waals surface area contributed by atoms with Gasteiger partial charge in [0.15, 0.2) is 0 Å². The van der Waals surface area contributed by atoms with Gasteiger partial charge in [-0.1, -0.05) is 12.1 Å². The van der Waals surface area contributed by atoms with Crippen LogP contribution >= 0.6 is 0 Å². The van der Waals surface area contributed by atoms with Gasteiger partial charge in [0, 0.05) is 50.7 Å². The summed E-state index contributed by atoms with van der Waals surface area (Å²) >= 11 is 0. The molecule has 198 valence electrons. The summed E-state index contributed by atoms with van der Waals surface area (Å²) in [6.07, 6.45) is 4.82. The molecule has 0 spiro atoms. The first-order valence-electron chi connectivity index (χ1n) is 12.5. The number of aromatic nitrogens is 3. The summed E-state index contributed by atoms with van der Waals surface area (Å²) in [6, 6.07) is 13.5. The highest BCUT2D eigenvalue weighted by atomic mass is 32.2. The van der Waals surface area contributed by atoms with E-state index in [-0.39, 0.29) is 16.7 Å². The van der Waals surface area contributed by atoms with E-state index in [0.29, 0.717) is 37.3 Å². The second-order valence-electron chi connectivity index (χ2n) is 9.72. The number of fused-ring (bicyclic) bond motifs is 1. The van der Waals surface area contributed by atoms with E-state index in [9.17, 15) is 13.2 Å². The van der Waals surface area contributed by atoms with Gasteiger partial charge in [-0.15, -0.1) is 0 Å². The molecule has 1 amide bonds. The Labute approximate surface area is 222 Å². The number of piperidine rings is 1. The zero-order chi connectivity index (χ0) is 26.9. The molecule has 2 aromatic heterocycles. The molecule has 0 bridgehead atoms. The van der Waals surface area contributed by atoms with E-state index >= 15 is 0 Å². The summed E-state index contributed by atoms with van der Waals surface area (Å²) in [6.45, 7) is 3.41. The first-order chi connectivity index (χ1) is 18.2. The van der Waals surface area contributed by atoms with Crippen molar-refractivity contribution in [3.63, 3.8) is 0 Å². The summed E-state index contributed by atoms with van der Waals surface area (Å²) in [5, 5.41) is 3.92. The molecule has 5 rings (SSSR count). The minimum absolute atomic E-state index is 0.0787. The summed E-state index contributed by atoms with van der Waals surface area (Å²) in [4.78, 5) is 29.2. The van der Waals surface area contributed by atoms with Gasteiger partial charge in [0.1, 0.15) is 17.8 Å². The van der Waals surface area contributed by atoms with E-state index in [1.165, 1.54) is 12.1 Å². The summed E-state index contributed by atoms with van der Waals surface area (Å²) in [5.74, 6) is 0.591. The zero-order valence-corrected chi connectivity index (χ0v) is 22.4. The number of carbonyl (C=O) groups is 1. The average molecular weight is 534 g/mol. The minimum Gasteiger partial charge on any atom is -0.378 e. The van der Waals surface area contributed by atoms with Crippen LogP contribution in [0.4, 0.5) is 22.9 Å². The van der Waals surface area contributed by atoms with Crippen LogP contribution in [-0.2, 0) is 14.8 Å². The monoisotopic (exact) mass is 533 g/mol. The first-order valence-corrected chi connectivity index (χ1v) is 13.9. The van der Waals surface area contributed by atoms with Crippen molar-refractivity contribution in [3.05, 3.63) is 66.6 Å². The maximum Gasteiger partial charge on any atom is 0.261 e. The molecule has 10 nitrogen and oxygen atoms in total. The van der Waals surface area contributed by atoms with Gasteiger partial charge in [-0.2, -0.15) is 0 Å². The van der Waals surface area contributed by atoms with Crippen molar-refractivity contribution < 1.29 is 13.2 Å². The topological polar surface area (TPSA) is 123 Å². The average Bonchev–Trinajstić information content (AvgIpc) is 3.30. The highest BCUT2D eigenvalue weighted by molar-refractivity contribution is 7.92. The number of nitrogens with one attached hydrogen (secondary N) is 3. The molecule has 11 heteroatoms. The number of sulfonamides is 1. The summed E-state index contributed by atoms with van der Waals surface area (Å²) < 4.78 is 28.7. The van der Waals surface area contributed by atoms with Crippen LogP contribution in [0.15, 0.2) is 66.0 Å². The predicted molar refractivity (Wildman–Crippen MR) is 150 cm³/mol. The number of anilines is 4. The van der Waals surface area contributed by atoms with Crippen molar-refractivity contribution in [3.8, 4) is 0 Å². The normalized spacial score (nSPS) is 14.4. The number of amides is 1. The van der Waals surface area contributed by atoms with Crippen molar-refractivity contribution in [2.45, 2.75) is 24.7 Å². The molecule has 0 aliphatic carbocycles. The number of aryl methyl sites for hydroxylation is 1. The van der Waals surface area contributed by atoms with Crippen LogP contribution < -0.4 is 19.8 Å². The molecular formula is C27H31N7O3S. The molecule has 1 aliphatic rings. The molecule has 1 saturated heterocycles. The Kier molecular flexibility index (Phi) is 6.94. The second-order valence-corrected chi connectivity index (χ2v) is 11.4. The Hall–Kier alpha value is -4.12. The lowest BCUT2D eigenvalue weighted by atomic mass is 9.95. The number of aromatic amines is 1. The fourth-order valence-electron chi connectivity index (χ4n) is 4.74. The molecule has 0 saturated carbocycles. The smallest absolute Gasteiger partial charge is 0.261 e. The minimum atomic E-state index is -3.83. The van der Waals surface area contributed by atoms with Gasteiger partial charge < -0.3 is 20.1 Å². The fraction of sp³-hybridized carbons (Fsp3) is 0.296. The zero-order valence-electron chi connectivity index (χ0n) is 21.6. The van der Waals surface area contributed by atoms with E-state index < -0.39 is 10.0 Å². The van der Waals surface area contributed by atoms with Crippen molar-refractivity contribution in [1.29, 1.82) is 0 Å². The molecule has 0 unspecified atom stereocenters. The molecule has 4 aromatic rings. The van der Waals surface area contributed by atoms with Gasteiger partial charge >= 0.3 is 0 Å². The number of hydrogen-bond donors (Lipinski definition) is 3. The number of carbonyl (C=O) groups excluding carboxylic acids is 1. The highest BCUT2D eigenvalue weighted by Crippen LogP contribution is 2.30. The van der Waals surface area contributed by atoms with Crippen molar-refractivity contribution in [2.24, 2.45) is 5.92 Å². The molecule has 3 N–H and O–H groups in total. The third-order valence-corrected chi connectivity index (χ3v) is 8.22. The third kappa shape index (κ3) is 5.28. The van der Waals surface area contributed by atoms with Crippen molar-refractivity contribution in [1.82, 2.24) is 15.0 Å². The van der Waals surface area contributed by atoms with Crippen LogP contribution in [0.1, 0.15) is 18.4 Å². The quantitative estimate of drug-likeness (QED) is 0.328. The highest BCUT2D eigenvalue weighted by Gasteiger charge is 2.27. The van der Waals surface area contributed by atoms with Crippen LogP contribution in [0, 0.1) is 12.8 Å². The van der Waals surface area contributed by atoms with Crippen LogP contribution in [0.5, 0.6) is 0 Å². The molecule has 1 aliphatic heterocycles. The second kappa shape index (κ2) is 10.3. The van der Waals surface area contributed by atoms with Crippen LogP contribution in [0.2, 0.25) is 0 Å². The summed E-state index contributed by atoms with van der Waals surface area (Å²) in [7, 11) is -0.0544. The molecule has 1 fully saturated rings. The Balaban J connectivity index is 1.23. The first kappa shape index (κ1) is 25.5. The Morgan fingerprint density at radius 2 is 1.79 bits per heavy atom. The Bertz CT molecular complexity index is 1570. The van der Waals surface area contributed by atoms with Gasteiger partial charge in [0.2, 0.25) is 5.91 Å². The molecule has 2 aromatic carbocycles. The molecule has 38 heavy (non-hydrogen) atoms. The SMILES string of the molecule is Cc1c[nH]c2ncnc(N3CCC(C(=O)Nc4cccc(S(=O)(=O)Nc5cccc(N(C)C)c5)c4)CC3)c12. The number of rotatable bonds is 7. The number of nitrogens with zero attached hydrogens (tertiary/aromatic N) is 4. The number of H-pyrrole nitrogens is 1. The molecule has 0 atom stereocenters. The lowest BCUT2D eigenvalue weighted by Gasteiger charge is -2.32. The van der Waals surface area contributed by atoms with E-state index in [1.54, 1.807) is 36.7 Å². The Morgan fingerprint density at radius 1 is 1.05 bits per heavy atom. The summed E-state index contributed by atoms with van der Waals surface area (Å²) in [5.41, 5.74) is 3.69. The van der Waals surface area contributed by atoms with Gasteiger partial charge in [0.05, 0.1) is 16.0 Å². The van der Waals surface area contributed by atoms with Crippen molar-refractivity contribution in [2.75, 3.05) is 47.0 Å². The van der Waals surface area contributed by atoms with Crippen molar-refractivity contribution >= 4 is 49.8 Å². The van der Waals surface area contributed by atoms with Gasteiger partial charge in [-0.25, -0.2) is 18.4 Å². The van der Waals surface area contributed by atoms with E-state index in [1.807, 2.05) is 38.2 Å².